The van der Waals surface area contributed by atoms with Gasteiger partial charge < -0.3 is 9.55 Å². The van der Waals surface area contributed by atoms with Crippen molar-refractivity contribution in [3.8, 4) is 28.2 Å². The summed E-state index contributed by atoms with van der Waals surface area (Å²) >= 11 is 6.28. The Hall–Kier alpha value is -4.11. The van der Waals surface area contributed by atoms with E-state index in [2.05, 4.69) is 36.5 Å². The Balaban J connectivity index is 1.40. The molecule has 1 aliphatic heterocycles. The summed E-state index contributed by atoms with van der Waals surface area (Å²) in [5, 5.41) is 12.0. The van der Waals surface area contributed by atoms with Crippen LogP contribution in [0, 0.1) is 6.07 Å². The van der Waals surface area contributed by atoms with Gasteiger partial charge in [-0.2, -0.15) is 4.68 Å². The number of hydrogen-bond donors (Lipinski definition) is 1. The molecule has 0 amide bonds. The average Bonchev–Trinajstić information content (AvgIpc) is 3.60. The van der Waals surface area contributed by atoms with Crippen LogP contribution in [0.3, 0.4) is 0 Å². The lowest BCUT2D eigenvalue weighted by atomic mass is 10.0. The van der Waals surface area contributed by atoms with Crippen LogP contribution in [0.2, 0.25) is 5.02 Å². The second-order valence-electron chi connectivity index (χ2n) is 7.74. The number of H-pyrrole nitrogens is 1. The number of aryl methyl sites for hydroxylation is 1. The maximum atomic E-state index is 13.3. The average molecular weight is 456 g/mol. The molecule has 161 valence electrons. The molecule has 0 bridgehead atoms. The molecule has 5 heterocycles. The molecular weight excluding hydrogens is 440 g/mol. The summed E-state index contributed by atoms with van der Waals surface area (Å²) in [6.07, 6.45) is 6.41. The molecule has 1 aromatic carbocycles. The maximum absolute atomic E-state index is 13.3. The molecule has 5 aromatic rings. The third-order valence-corrected chi connectivity index (χ3v) is 6.04. The highest BCUT2D eigenvalue weighted by Gasteiger charge is 2.28. The van der Waals surface area contributed by atoms with Crippen molar-refractivity contribution in [3.63, 3.8) is 0 Å². The van der Waals surface area contributed by atoms with E-state index in [1.54, 1.807) is 39.8 Å². The molecule has 1 N–H and O–H groups in total. The summed E-state index contributed by atoms with van der Waals surface area (Å²) in [6, 6.07) is 15.5. The lowest BCUT2D eigenvalue weighted by Crippen LogP contribution is -2.23. The summed E-state index contributed by atoms with van der Waals surface area (Å²) in [5.41, 5.74) is 4.72. The first-order valence-electron chi connectivity index (χ1n) is 10.3. The van der Waals surface area contributed by atoms with Gasteiger partial charge in [0, 0.05) is 34.6 Å². The minimum absolute atomic E-state index is 0.0990. The topological polar surface area (TPSA) is 107 Å². The first kappa shape index (κ1) is 19.6. The summed E-state index contributed by atoms with van der Waals surface area (Å²) in [6.45, 7) is 0. The van der Waals surface area contributed by atoms with Gasteiger partial charge >= 0.3 is 0 Å². The van der Waals surface area contributed by atoms with Crippen LogP contribution in [-0.2, 0) is 6.42 Å². The maximum Gasteiger partial charge on any atom is 0.252 e. The number of aromatic amines is 1. The highest BCUT2D eigenvalue weighted by atomic mass is 35.5. The molecule has 9 nitrogen and oxygen atoms in total. The number of benzene rings is 1. The number of fused-ring (bicyclic) bond motifs is 1. The van der Waals surface area contributed by atoms with E-state index in [0.29, 0.717) is 5.02 Å². The number of nitrogens with zero attached hydrogens (tertiary/aromatic N) is 7. The highest BCUT2D eigenvalue weighted by Crippen LogP contribution is 2.34. The SMILES string of the molecule is O=c1cc(-c2cc(Cl)ccc2-n2cnnn2)cc2n1[C@H](c1ncc(-c3cc[c]cn3)[nH]1)CC2. The van der Waals surface area contributed by atoms with Crippen LogP contribution < -0.4 is 5.56 Å². The standard InChI is InChI=1S/C23H16ClN8O/c24-15-4-6-20(31-13-27-29-30-31)17(11-15)14-9-16-5-7-21(32(16)22(33)10-14)23-26-12-19(28-23)18-3-1-2-8-25-18/h1,3-4,6,8-13,21H,5,7H2,(H,26,28)/t21-/m0/s1. The lowest BCUT2D eigenvalue weighted by Gasteiger charge is -2.15. The monoisotopic (exact) mass is 455 g/mol. The molecule has 10 heteroatoms. The molecule has 0 spiro atoms. The summed E-state index contributed by atoms with van der Waals surface area (Å²) in [7, 11) is 0. The van der Waals surface area contributed by atoms with Crippen molar-refractivity contribution in [1.29, 1.82) is 0 Å². The predicted molar refractivity (Wildman–Crippen MR) is 121 cm³/mol. The number of tetrazole rings is 1. The Morgan fingerprint density at radius 2 is 2.09 bits per heavy atom. The van der Waals surface area contributed by atoms with Crippen LogP contribution in [0.1, 0.15) is 24.0 Å². The third-order valence-electron chi connectivity index (χ3n) is 5.80. The van der Waals surface area contributed by atoms with Gasteiger partial charge in [-0.05, 0) is 59.2 Å². The van der Waals surface area contributed by atoms with Gasteiger partial charge in [0.2, 0.25) is 0 Å². The summed E-state index contributed by atoms with van der Waals surface area (Å²) < 4.78 is 3.36. The zero-order valence-electron chi connectivity index (χ0n) is 17.2. The molecule has 0 saturated carbocycles. The number of aromatic nitrogens is 8. The van der Waals surface area contributed by atoms with Gasteiger partial charge in [0.05, 0.1) is 29.3 Å². The second-order valence-corrected chi connectivity index (χ2v) is 8.18. The van der Waals surface area contributed by atoms with Gasteiger partial charge in [0.15, 0.2) is 0 Å². The van der Waals surface area contributed by atoms with Crippen molar-refractivity contribution < 1.29 is 0 Å². The number of imidazole rings is 1. The van der Waals surface area contributed by atoms with E-state index in [-0.39, 0.29) is 11.6 Å². The Labute approximate surface area is 192 Å². The lowest BCUT2D eigenvalue weighted by molar-refractivity contribution is 0.572. The van der Waals surface area contributed by atoms with Gasteiger partial charge in [0.25, 0.3) is 5.56 Å². The first-order chi connectivity index (χ1) is 16.2. The normalized spacial score (nSPS) is 15.0. The van der Waals surface area contributed by atoms with Crippen molar-refractivity contribution in [2.24, 2.45) is 0 Å². The fourth-order valence-corrected chi connectivity index (χ4v) is 4.51. The van der Waals surface area contributed by atoms with E-state index in [1.807, 2.05) is 24.3 Å². The van der Waals surface area contributed by atoms with Gasteiger partial charge in [0.1, 0.15) is 12.2 Å². The Kier molecular flexibility index (Phi) is 4.62. The van der Waals surface area contributed by atoms with E-state index in [4.69, 9.17) is 11.6 Å². The highest BCUT2D eigenvalue weighted by molar-refractivity contribution is 6.31. The minimum atomic E-state index is -0.163. The quantitative estimate of drug-likeness (QED) is 0.445. The number of rotatable bonds is 4. The molecule has 1 aliphatic rings. The van der Waals surface area contributed by atoms with Gasteiger partial charge in [-0.1, -0.05) is 17.7 Å². The largest absolute Gasteiger partial charge is 0.339 e. The zero-order valence-corrected chi connectivity index (χ0v) is 17.9. The molecule has 33 heavy (non-hydrogen) atoms. The van der Waals surface area contributed by atoms with Crippen molar-refractivity contribution >= 4 is 11.6 Å². The number of pyridine rings is 2. The smallest absolute Gasteiger partial charge is 0.252 e. The van der Waals surface area contributed by atoms with Crippen LogP contribution in [0.25, 0.3) is 28.2 Å². The predicted octanol–water partition coefficient (Wildman–Crippen LogP) is 3.27. The Bertz CT molecular complexity index is 1510. The molecule has 1 radical (unpaired) electrons. The number of hydrogen-bond acceptors (Lipinski definition) is 6. The molecule has 0 unspecified atom stereocenters. The molecule has 1 atom stereocenters. The van der Waals surface area contributed by atoms with Gasteiger partial charge in [-0.15, -0.1) is 5.10 Å². The van der Waals surface area contributed by atoms with Gasteiger partial charge in [-0.3, -0.25) is 9.78 Å². The van der Waals surface area contributed by atoms with E-state index >= 15 is 0 Å². The van der Waals surface area contributed by atoms with E-state index in [1.165, 1.54) is 6.33 Å². The summed E-state index contributed by atoms with van der Waals surface area (Å²) in [5.74, 6) is 0.741. The van der Waals surface area contributed by atoms with Crippen molar-refractivity contribution in [2.75, 3.05) is 0 Å². The molecule has 4 aromatic heterocycles. The van der Waals surface area contributed by atoms with Crippen molar-refractivity contribution in [3.05, 3.63) is 94.1 Å². The molecule has 6 rings (SSSR count). The first-order valence-corrected chi connectivity index (χ1v) is 10.7. The van der Waals surface area contributed by atoms with E-state index in [9.17, 15) is 4.79 Å². The van der Waals surface area contributed by atoms with Crippen LogP contribution in [0.4, 0.5) is 0 Å². The fourth-order valence-electron chi connectivity index (χ4n) is 4.34. The third kappa shape index (κ3) is 3.42. The Morgan fingerprint density at radius 1 is 1.15 bits per heavy atom. The number of nitrogens with one attached hydrogen (secondary N) is 1. The van der Waals surface area contributed by atoms with Crippen LogP contribution in [0.15, 0.2) is 66.0 Å². The van der Waals surface area contributed by atoms with Gasteiger partial charge in [-0.25, -0.2) is 4.98 Å². The molecular formula is C23H16ClN8O. The second kappa shape index (κ2) is 7.79. The van der Waals surface area contributed by atoms with E-state index in [0.717, 1.165) is 52.6 Å². The fraction of sp³-hybridized carbons (Fsp3) is 0.130. The van der Waals surface area contributed by atoms with E-state index < -0.39 is 0 Å². The zero-order chi connectivity index (χ0) is 22.4. The summed E-state index contributed by atoms with van der Waals surface area (Å²) in [4.78, 5) is 25.5. The number of halogens is 1. The Morgan fingerprint density at radius 3 is 2.91 bits per heavy atom. The van der Waals surface area contributed by atoms with Crippen molar-refractivity contribution in [2.45, 2.75) is 18.9 Å². The van der Waals surface area contributed by atoms with Crippen LogP contribution >= 0.6 is 11.6 Å². The van der Waals surface area contributed by atoms with Crippen molar-refractivity contribution in [1.82, 2.24) is 39.7 Å². The van der Waals surface area contributed by atoms with Crippen LogP contribution in [-0.4, -0.2) is 39.7 Å². The molecule has 0 saturated heterocycles. The minimum Gasteiger partial charge on any atom is -0.339 e. The van der Waals surface area contributed by atoms with Crippen LogP contribution in [0.5, 0.6) is 0 Å². The molecule has 0 fully saturated rings. The molecule has 0 aliphatic carbocycles.